The zero-order valence-corrected chi connectivity index (χ0v) is 18.6. The number of carbonyl (C=O) groups is 2. The second kappa shape index (κ2) is 12.2. The Morgan fingerprint density at radius 1 is 1.24 bits per heavy atom. The minimum Gasteiger partial charge on any atom is -0.542 e. The molecule has 1 aromatic carbocycles. The fourth-order valence-corrected chi connectivity index (χ4v) is 3.13. The van der Waals surface area contributed by atoms with Crippen LogP contribution in [0.2, 0.25) is 0 Å². The van der Waals surface area contributed by atoms with Gasteiger partial charge in [0.25, 0.3) is 0 Å². The molecule has 0 saturated heterocycles. The molecule has 2 N–H and O–H groups in total. The van der Waals surface area contributed by atoms with Gasteiger partial charge in [-0.25, -0.2) is 4.39 Å². The lowest BCUT2D eigenvalue weighted by Gasteiger charge is -2.23. The highest BCUT2D eigenvalue weighted by molar-refractivity contribution is 5.71. The number of alkyl halides is 3. The Labute approximate surface area is 187 Å². The van der Waals surface area contributed by atoms with Gasteiger partial charge in [-0.15, -0.1) is 10.2 Å². The summed E-state index contributed by atoms with van der Waals surface area (Å²) in [5.74, 6) is -4.81. The van der Waals surface area contributed by atoms with Gasteiger partial charge in [-0.05, 0) is 44.5 Å². The van der Waals surface area contributed by atoms with Crippen molar-refractivity contribution in [3.63, 3.8) is 0 Å². The Morgan fingerprint density at radius 3 is 2.24 bits per heavy atom. The molecule has 0 unspecified atom stereocenters. The molecule has 0 aliphatic heterocycles. The number of aliphatic carboxylic acids is 2. The fraction of sp³-hybridized carbons (Fsp3) is 0.550. The molecule has 2 atom stereocenters. The number of benzene rings is 1. The van der Waals surface area contributed by atoms with Crippen molar-refractivity contribution in [2.45, 2.75) is 45.3 Å². The number of carbonyl (C=O) groups excluding carboxylic acids is 1. The van der Waals surface area contributed by atoms with Crippen molar-refractivity contribution in [1.29, 1.82) is 0 Å². The summed E-state index contributed by atoms with van der Waals surface area (Å²) in [6.07, 6.45) is -4.38. The molecule has 0 spiro atoms. The van der Waals surface area contributed by atoms with Crippen LogP contribution in [0.25, 0.3) is 0 Å². The Bertz CT molecular complexity index is 904. The first-order valence-electron chi connectivity index (χ1n) is 9.88. The first-order valence-corrected chi connectivity index (χ1v) is 9.88. The van der Waals surface area contributed by atoms with Gasteiger partial charge in [0.2, 0.25) is 0 Å². The van der Waals surface area contributed by atoms with E-state index in [1.54, 1.807) is 6.07 Å². The molecular formula is C20H26F4N5O4-. The SMILES string of the molecule is CC(C)C[C@H](C(=O)O)[C@H](Cc1ccc(CN(C)C)c(F)c1)c1nn[nH]n1.O=C([O-])C(F)(F)F. The van der Waals surface area contributed by atoms with Crippen LogP contribution in [-0.2, 0) is 22.6 Å². The number of tetrazole rings is 1. The number of rotatable bonds is 9. The summed E-state index contributed by atoms with van der Waals surface area (Å²) in [5, 5.41) is 32.4. The smallest absolute Gasteiger partial charge is 0.430 e. The summed E-state index contributed by atoms with van der Waals surface area (Å²) in [6.45, 7) is 4.45. The first kappa shape index (κ1) is 27.9. The molecule has 9 nitrogen and oxygen atoms in total. The van der Waals surface area contributed by atoms with Crippen molar-refractivity contribution in [3.05, 3.63) is 41.0 Å². The maximum absolute atomic E-state index is 14.4. The minimum absolute atomic E-state index is 0.199. The number of aromatic nitrogens is 4. The summed E-state index contributed by atoms with van der Waals surface area (Å²) in [7, 11) is 3.76. The Morgan fingerprint density at radius 2 is 1.85 bits per heavy atom. The Balaban J connectivity index is 0.000000675. The highest BCUT2D eigenvalue weighted by atomic mass is 19.4. The summed E-state index contributed by atoms with van der Waals surface area (Å²) in [6, 6.07) is 5.06. The highest BCUT2D eigenvalue weighted by Gasteiger charge is 2.33. The number of carboxylic acids is 2. The number of hydrogen-bond donors (Lipinski definition) is 2. The van der Waals surface area contributed by atoms with E-state index in [1.165, 1.54) is 6.07 Å². The van der Waals surface area contributed by atoms with Crippen LogP contribution in [0.1, 0.15) is 43.1 Å². The van der Waals surface area contributed by atoms with Gasteiger partial charge in [0.05, 0.1) is 5.92 Å². The molecule has 0 saturated carbocycles. The number of H-pyrrole nitrogens is 1. The van der Waals surface area contributed by atoms with Crippen molar-refractivity contribution in [1.82, 2.24) is 25.5 Å². The van der Waals surface area contributed by atoms with E-state index >= 15 is 0 Å². The van der Waals surface area contributed by atoms with Crippen LogP contribution in [-0.4, -0.2) is 62.8 Å². The lowest BCUT2D eigenvalue weighted by atomic mass is 9.81. The zero-order valence-electron chi connectivity index (χ0n) is 18.6. The number of halogens is 4. The maximum atomic E-state index is 14.4. The molecule has 2 aromatic rings. The van der Waals surface area contributed by atoms with Gasteiger partial charge >= 0.3 is 12.1 Å². The van der Waals surface area contributed by atoms with Crippen molar-refractivity contribution in [2.24, 2.45) is 11.8 Å². The summed E-state index contributed by atoms with van der Waals surface area (Å²) >= 11 is 0. The molecule has 0 radical (unpaired) electrons. The third-order valence-corrected chi connectivity index (χ3v) is 4.51. The molecule has 33 heavy (non-hydrogen) atoms. The zero-order chi connectivity index (χ0) is 25.3. The van der Waals surface area contributed by atoms with Crippen molar-refractivity contribution >= 4 is 11.9 Å². The topological polar surface area (TPSA) is 135 Å². The van der Waals surface area contributed by atoms with Crippen LogP contribution in [0.5, 0.6) is 0 Å². The average molecular weight is 476 g/mol. The molecule has 1 heterocycles. The Hall–Kier alpha value is -3.09. The van der Waals surface area contributed by atoms with Crippen LogP contribution < -0.4 is 5.11 Å². The summed E-state index contributed by atoms with van der Waals surface area (Å²) < 4.78 is 45.9. The average Bonchev–Trinajstić information content (AvgIpc) is 3.20. The third kappa shape index (κ3) is 9.51. The van der Waals surface area contributed by atoms with Crippen molar-refractivity contribution in [3.8, 4) is 0 Å². The molecule has 1 aromatic heterocycles. The number of hydrogen-bond acceptors (Lipinski definition) is 7. The van der Waals surface area contributed by atoms with Gasteiger partial charge in [0.15, 0.2) is 5.82 Å². The third-order valence-electron chi connectivity index (χ3n) is 4.51. The van der Waals surface area contributed by atoms with Gasteiger partial charge in [-0.1, -0.05) is 31.2 Å². The van der Waals surface area contributed by atoms with E-state index in [-0.39, 0.29) is 11.7 Å². The van der Waals surface area contributed by atoms with Gasteiger partial charge in [-0.2, -0.15) is 18.4 Å². The van der Waals surface area contributed by atoms with Crippen molar-refractivity contribution < 1.29 is 37.4 Å². The molecule has 0 aliphatic carbocycles. The van der Waals surface area contributed by atoms with E-state index in [1.807, 2.05) is 38.9 Å². The van der Waals surface area contributed by atoms with Gasteiger partial charge in [0.1, 0.15) is 11.8 Å². The number of nitrogens with one attached hydrogen (secondary N) is 1. The van der Waals surface area contributed by atoms with Crippen LogP contribution in [0.15, 0.2) is 18.2 Å². The van der Waals surface area contributed by atoms with E-state index in [4.69, 9.17) is 9.90 Å². The number of aromatic amines is 1. The quantitative estimate of drug-likeness (QED) is 0.523. The lowest BCUT2D eigenvalue weighted by molar-refractivity contribution is -0.344. The van der Waals surface area contributed by atoms with Crippen LogP contribution in [0.3, 0.4) is 0 Å². The molecule has 184 valence electrons. The number of carboxylic acid groups (broad SMARTS) is 2. The monoisotopic (exact) mass is 476 g/mol. The van der Waals surface area contributed by atoms with E-state index in [0.717, 1.165) is 5.56 Å². The normalized spacial score (nSPS) is 13.4. The number of nitrogens with zero attached hydrogens (tertiary/aromatic N) is 4. The Kier molecular flexibility index (Phi) is 10.4. The highest BCUT2D eigenvalue weighted by Crippen LogP contribution is 2.31. The minimum atomic E-state index is -5.19. The molecule has 0 bridgehead atoms. The van der Waals surface area contributed by atoms with E-state index in [2.05, 4.69) is 20.6 Å². The fourth-order valence-electron chi connectivity index (χ4n) is 3.13. The maximum Gasteiger partial charge on any atom is 0.430 e. The van der Waals surface area contributed by atoms with Crippen LogP contribution in [0, 0.1) is 17.7 Å². The standard InChI is InChI=1S/C18H26FN5O2.C2HF3O2/c1-11(2)7-15(18(25)26)14(17-20-22-23-21-17)8-12-5-6-13(10-24(3)4)16(19)9-12;3-2(4,5)1(6)7/h5-6,9,11,14-15H,7-8,10H2,1-4H3,(H,25,26)(H,20,21,22,23);(H,6,7)/p-1/t14-,15-;/m0./s1. The van der Waals surface area contributed by atoms with Gasteiger partial charge in [0, 0.05) is 18.0 Å². The van der Waals surface area contributed by atoms with Crippen LogP contribution >= 0.6 is 0 Å². The van der Waals surface area contributed by atoms with Crippen LogP contribution in [0.4, 0.5) is 17.6 Å². The first-order chi connectivity index (χ1) is 15.2. The lowest BCUT2D eigenvalue weighted by Crippen LogP contribution is -2.37. The predicted molar refractivity (Wildman–Crippen MR) is 106 cm³/mol. The molecular weight excluding hydrogens is 450 g/mol. The molecule has 0 amide bonds. The second-order valence-corrected chi connectivity index (χ2v) is 8.10. The summed E-state index contributed by atoms with van der Waals surface area (Å²) in [4.78, 5) is 22.5. The largest absolute Gasteiger partial charge is 0.542 e. The molecule has 0 fully saturated rings. The van der Waals surface area contributed by atoms with E-state index in [9.17, 15) is 27.5 Å². The van der Waals surface area contributed by atoms with Gasteiger partial charge < -0.3 is 19.9 Å². The van der Waals surface area contributed by atoms with Gasteiger partial charge in [-0.3, -0.25) is 4.79 Å². The summed E-state index contributed by atoms with van der Waals surface area (Å²) in [5.41, 5.74) is 1.32. The molecule has 13 heteroatoms. The van der Waals surface area contributed by atoms with E-state index in [0.29, 0.717) is 30.8 Å². The van der Waals surface area contributed by atoms with Crippen molar-refractivity contribution in [2.75, 3.05) is 14.1 Å². The molecule has 2 rings (SSSR count). The molecule has 0 aliphatic rings. The predicted octanol–water partition coefficient (Wildman–Crippen LogP) is 1.77. The second-order valence-electron chi connectivity index (χ2n) is 8.10. The van der Waals surface area contributed by atoms with E-state index < -0.39 is 30.0 Å².